The van der Waals surface area contributed by atoms with Gasteiger partial charge in [-0.2, -0.15) is 0 Å². The van der Waals surface area contributed by atoms with Gasteiger partial charge in [-0.1, -0.05) is 6.07 Å². The fourth-order valence-electron chi connectivity index (χ4n) is 3.50. The van der Waals surface area contributed by atoms with Gasteiger partial charge < -0.3 is 10.2 Å². The maximum absolute atomic E-state index is 12.5. The molecule has 0 bridgehead atoms. The first kappa shape index (κ1) is 19.9. The Morgan fingerprint density at radius 2 is 2.04 bits per heavy atom. The summed E-state index contributed by atoms with van der Waals surface area (Å²) in [6.45, 7) is 11.5. The van der Waals surface area contributed by atoms with E-state index in [1.807, 2.05) is 22.4 Å². The summed E-state index contributed by atoms with van der Waals surface area (Å²) in [4.78, 5) is 29.9. The normalized spacial score (nSPS) is 18.2. The van der Waals surface area contributed by atoms with E-state index in [0.29, 0.717) is 25.2 Å². The van der Waals surface area contributed by atoms with Gasteiger partial charge in [0.1, 0.15) is 0 Å². The molecule has 5 nitrogen and oxygen atoms in total. The summed E-state index contributed by atoms with van der Waals surface area (Å²) in [5, 5.41) is 4.98. The van der Waals surface area contributed by atoms with E-state index in [-0.39, 0.29) is 17.7 Å². The van der Waals surface area contributed by atoms with Crippen LogP contribution >= 0.6 is 11.3 Å². The van der Waals surface area contributed by atoms with E-state index < -0.39 is 0 Å². The summed E-state index contributed by atoms with van der Waals surface area (Å²) in [7, 11) is 0. The Balaban J connectivity index is 1.82. The van der Waals surface area contributed by atoms with E-state index in [1.165, 1.54) is 11.3 Å². The highest BCUT2D eigenvalue weighted by Gasteiger charge is 2.29. The van der Waals surface area contributed by atoms with Gasteiger partial charge in [0.05, 0.1) is 10.8 Å². The molecular formula is C19H31N3O2S. The molecule has 2 heterocycles. The minimum absolute atomic E-state index is 0.0540. The van der Waals surface area contributed by atoms with Gasteiger partial charge in [-0.3, -0.25) is 14.5 Å². The van der Waals surface area contributed by atoms with Crippen LogP contribution in [0.3, 0.4) is 0 Å². The molecule has 6 heteroatoms. The first-order valence-corrected chi connectivity index (χ1v) is 10.1. The van der Waals surface area contributed by atoms with Gasteiger partial charge in [0.2, 0.25) is 5.91 Å². The van der Waals surface area contributed by atoms with Crippen molar-refractivity contribution in [3.63, 3.8) is 0 Å². The Kier molecular flexibility index (Phi) is 7.44. The third-order valence-electron chi connectivity index (χ3n) is 4.81. The summed E-state index contributed by atoms with van der Waals surface area (Å²) < 4.78 is 0. The van der Waals surface area contributed by atoms with Gasteiger partial charge in [-0.05, 0) is 52.0 Å². The van der Waals surface area contributed by atoms with Crippen LogP contribution in [0.2, 0.25) is 0 Å². The van der Waals surface area contributed by atoms with Crippen LogP contribution in [0, 0.1) is 5.92 Å². The molecule has 1 aliphatic rings. The maximum Gasteiger partial charge on any atom is 0.263 e. The Hall–Kier alpha value is -1.40. The second kappa shape index (κ2) is 9.34. The monoisotopic (exact) mass is 365 g/mol. The van der Waals surface area contributed by atoms with E-state index in [2.05, 4.69) is 37.9 Å². The van der Waals surface area contributed by atoms with Crippen molar-refractivity contribution in [1.82, 2.24) is 15.1 Å². The van der Waals surface area contributed by atoms with Crippen LogP contribution in [0.4, 0.5) is 0 Å². The molecule has 0 aromatic carbocycles. The molecule has 1 atom stereocenters. The predicted molar refractivity (Wildman–Crippen MR) is 103 cm³/mol. The molecule has 0 spiro atoms. The number of hydrogen-bond donors (Lipinski definition) is 1. The maximum atomic E-state index is 12.5. The number of nitrogens with zero attached hydrogens (tertiary/aromatic N) is 2. The van der Waals surface area contributed by atoms with Crippen LogP contribution in [-0.4, -0.2) is 59.9 Å². The van der Waals surface area contributed by atoms with Crippen molar-refractivity contribution in [2.24, 2.45) is 5.92 Å². The Morgan fingerprint density at radius 3 is 2.64 bits per heavy atom. The summed E-state index contributed by atoms with van der Waals surface area (Å²) in [6, 6.07) is 4.67. The van der Waals surface area contributed by atoms with Crippen molar-refractivity contribution in [2.45, 2.75) is 52.6 Å². The standard InChI is InChI=1S/C19H31N3O2S/c1-14(2)22(15(3)4)11-9-20-18(23)16-7-5-10-21(13-16)19(24)17-8-6-12-25-17/h6,8,12,14-16H,5,7,9-11,13H2,1-4H3,(H,20,23)/t16-/m0/s1. The number of thiophene rings is 1. The van der Waals surface area contributed by atoms with Gasteiger partial charge >= 0.3 is 0 Å². The lowest BCUT2D eigenvalue weighted by atomic mass is 9.97. The van der Waals surface area contributed by atoms with Crippen LogP contribution in [0.15, 0.2) is 17.5 Å². The molecule has 0 aliphatic carbocycles. The Labute approximate surface area is 155 Å². The molecule has 1 aromatic heterocycles. The van der Waals surface area contributed by atoms with Crippen LogP contribution in [0.25, 0.3) is 0 Å². The molecule has 2 rings (SSSR count). The van der Waals surface area contributed by atoms with Gasteiger partial charge in [0.25, 0.3) is 5.91 Å². The largest absolute Gasteiger partial charge is 0.355 e. The zero-order chi connectivity index (χ0) is 18.4. The van der Waals surface area contributed by atoms with Gasteiger partial charge in [0.15, 0.2) is 0 Å². The third-order valence-corrected chi connectivity index (χ3v) is 5.67. The molecule has 1 N–H and O–H groups in total. The topological polar surface area (TPSA) is 52.7 Å². The van der Waals surface area contributed by atoms with Crippen LogP contribution in [0.5, 0.6) is 0 Å². The van der Waals surface area contributed by atoms with Crippen molar-refractivity contribution in [3.8, 4) is 0 Å². The minimum atomic E-state index is -0.0933. The number of amides is 2. The molecule has 1 aromatic rings. The number of piperidine rings is 1. The smallest absolute Gasteiger partial charge is 0.263 e. The van der Waals surface area contributed by atoms with Crippen LogP contribution < -0.4 is 5.32 Å². The Bertz CT molecular complexity index is 549. The van der Waals surface area contributed by atoms with E-state index in [1.54, 1.807) is 0 Å². The predicted octanol–water partition coefficient (Wildman–Crippen LogP) is 2.84. The number of rotatable bonds is 7. The lowest BCUT2D eigenvalue weighted by Gasteiger charge is -2.33. The molecule has 0 radical (unpaired) electrons. The number of carbonyl (C=O) groups is 2. The number of carbonyl (C=O) groups excluding carboxylic acids is 2. The number of nitrogens with one attached hydrogen (secondary N) is 1. The highest BCUT2D eigenvalue weighted by Crippen LogP contribution is 2.20. The molecule has 140 valence electrons. The summed E-state index contributed by atoms with van der Waals surface area (Å²) in [6.07, 6.45) is 1.75. The first-order chi connectivity index (χ1) is 11.9. The zero-order valence-electron chi connectivity index (χ0n) is 15.8. The highest BCUT2D eigenvalue weighted by atomic mass is 32.1. The SMILES string of the molecule is CC(C)N(CCNC(=O)[C@H]1CCCN(C(=O)c2cccs2)C1)C(C)C. The summed E-state index contributed by atoms with van der Waals surface area (Å²) in [5.74, 6) is 0.0404. The average molecular weight is 366 g/mol. The fourth-order valence-corrected chi connectivity index (χ4v) is 4.19. The molecule has 0 unspecified atom stereocenters. The highest BCUT2D eigenvalue weighted by molar-refractivity contribution is 7.12. The van der Waals surface area contributed by atoms with E-state index in [9.17, 15) is 9.59 Å². The summed E-state index contributed by atoms with van der Waals surface area (Å²) >= 11 is 1.46. The van der Waals surface area contributed by atoms with Crippen molar-refractivity contribution in [3.05, 3.63) is 22.4 Å². The van der Waals surface area contributed by atoms with Crippen LogP contribution in [-0.2, 0) is 4.79 Å². The van der Waals surface area contributed by atoms with Crippen LogP contribution in [0.1, 0.15) is 50.2 Å². The number of likely N-dealkylation sites (tertiary alicyclic amines) is 1. The van der Waals surface area contributed by atoms with Crippen molar-refractivity contribution in [2.75, 3.05) is 26.2 Å². The van der Waals surface area contributed by atoms with Crippen molar-refractivity contribution < 1.29 is 9.59 Å². The number of hydrogen-bond acceptors (Lipinski definition) is 4. The van der Waals surface area contributed by atoms with Gasteiger partial charge in [0, 0.05) is 38.3 Å². The molecule has 2 amide bonds. The second-order valence-corrected chi connectivity index (χ2v) is 8.23. The van der Waals surface area contributed by atoms with E-state index in [0.717, 1.165) is 30.8 Å². The minimum Gasteiger partial charge on any atom is -0.355 e. The van der Waals surface area contributed by atoms with Gasteiger partial charge in [-0.15, -0.1) is 11.3 Å². The molecule has 0 saturated carbocycles. The third kappa shape index (κ3) is 5.54. The molecule has 1 fully saturated rings. The van der Waals surface area contributed by atoms with Crippen molar-refractivity contribution >= 4 is 23.2 Å². The lowest BCUT2D eigenvalue weighted by Crippen LogP contribution is -2.47. The first-order valence-electron chi connectivity index (χ1n) is 9.26. The lowest BCUT2D eigenvalue weighted by molar-refractivity contribution is -0.126. The molecule has 25 heavy (non-hydrogen) atoms. The van der Waals surface area contributed by atoms with E-state index >= 15 is 0 Å². The molecular weight excluding hydrogens is 334 g/mol. The molecule has 1 aliphatic heterocycles. The average Bonchev–Trinajstić information content (AvgIpc) is 3.11. The van der Waals surface area contributed by atoms with E-state index in [4.69, 9.17) is 0 Å². The quantitative estimate of drug-likeness (QED) is 0.808. The fraction of sp³-hybridized carbons (Fsp3) is 0.684. The summed E-state index contributed by atoms with van der Waals surface area (Å²) in [5.41, 5.74) is 0. The van der Waals surface area contributed by atoms with Gasteiger partial charge in [-0.25, -0.2) is 0 Å². The van der Waals surface area contributed by atoms with Crippen molar-refractivity contribution in [1.29, 1.82) is 0 Å². The second-order valence-electron chi connectivity index (χ2n) is 7.28. The zero-order valence-corrected chi connectivity index (χ0v) is 16.6. The molecule has 1 saturated heterocycles. The Morgan fingerprint density at radius 1 is 1.32 bits per heavy atom.